The molecule has 0 saturated heterocycles. The highest BCUT2D eigenvalue weighted by Gasteiger charge is 2.19. The van der Waals surface area contributed by atoms with E-state index in [-0.39, 0.29) is 6.61 Å². The molecule has 19 heavy (non-hydrogen) atoms. The highest BCUT2D eigenvalue weighted by atomic mass is 16.5. The zero-order valence-corrected chi connectivity index (χ0v) is 11.4. The quantitative estimate of drug-likeness (QED) is 0.894. The normalized spacial score (nSPS) is 10.5. The molecule has 0 amide bonds. The first-order chi connectivity index (χ1) is 9.26. The molecule has 0 unspecified atom stereocenters. The first-order valence-corrected chi connectivity index (χ1v) is 6.15. The first kappa shape index (κ1) is 13.4. The average Bonchev–Trinajstić information content (AvgIpc) is 2.84. The van der Waals surface area contributed by atoms with Crippen LogP contribution < -0.4 is 9.47 Å². The van der Waals surface area contributed by atoms with Crippen molar-refractivity contribution < 1.29 is 14.6 Å². The highest BCUT2D eigenvalue weighted by Crippen LogP contribution is 2.30. The minimum Gasteiger partial charge on any atom is -0.494 e. The fourth-order valence-electron chi connectivity index (χ4n) is 2.10. The molecule has 1 heterocycles. The number of nitrogens with zero attached hydrogens (tertiary/aromatic N) is 2. The predicted molar refractivity (Wildman–Crippen MR) is 72.0 cm³/mol. The van der Waals surface area contributed by atoms with Crippen LogP contribution in [0.25, 0.3) is 5.69 Å². The number of para-hydroxylation sites is 2. The lowest BCUT2D eigenvalue weighted by molar-refractivity contribution is 0.271. The molecular formula is C14H18N2O3. The van der Waals surface area contributed by atoms with E-state index in [1.807, 2.05) is 31.2 Å². The van der Waals surface area contributed by atoms with Crippen LogP contribution in [0.5, 0.6) is 11.6 Å². The van der Waals surface area contributed by atoms with Gasteiger partial charge in [-0.05, 0) is 18.6 Å². The Bertz CT molecular complexity index is 564. The highest BCUT2D eigenvalue weighted by molar-refractivity contribution is 5.50. The van der Waals surface area contributed by atoms with Gasteiger partial charge in [-0.15, -0.1) is 0 Å². The van der Waals surface area contributed by atoms with E-state index in [0.29, 0.717) is 11.6 Å². The van der Waals surface area contributed by atoms with Crippen molar-refractivity contribution in [2.45, 2.75) is 20.0 Å². The second kappa shape index (κ2) is 5.75. The molecule has 0 spiro atoms. The molecule has 5 nitrogen and oxygen atoms in total. The van der Waals surface area contributed by atoms with Gasteiger partial charge in [0.2, 0.25) is 5.88 Å². The van der Waals surface area contributed by atoms with E-state index in [4.69, 9.17) is 9.47 Å². The molecule has 1 N–H and O–H groups in total. The topological polar surface area (TPSA) is 56.5 Å². The largest absolute Gasteiger partial charge is 0.494 e. The third-order valence-corrected chi connectivity index (χ3v) is 3.02. The van der Waals surface area contributed by atoms with Gasteiger partial charge in [-0.25, -0.2) is 0 Å². The van der Waals surface area contributed by atoms with Gasteiger partial charge < -0.3 is 14.6 Å². The summed E-state index contributed by atoms with van der Waals surface area (Å²) in [5.74, 6) is 1.25. The molecule has 102 valence electrons. The Morgan fingerprint density at radius 1 is 1.21 bits per heavy atom. The molecule has 0 aliphatic carbocycles. The summed E-state index contributed by atoms with van der Waals surface area (Å²) in [7, 11) is 3.18. The molecule has 0 bridgehead atoms. The van der Waals surface area contributed by atoms with Crippen molar-refractivity contribution in [3.05, 3.63) is 35.5 Å². The standard InChI is InChI=1S/C14H18N2O3/c1-4-11-10(9-17)14(19-3)16(15-11)12-7-5-6-8-13(12)18-2/h5-8,17H,4,9H2,1-3H3. The summed E-state index contributed by atoms with van der Waals surface area (Å²) in [5, 5.41) is 14.0. The van der Waals surface area contributed by atoms with Gasteiger partial charge in [0.1, 0.15) is 11.4 Å². The number of aryl methyl sites for hydroxylation is 1. The Labute approximate surface area is 112 Å². The van der Waals surface area contributed by atoms with Crippen LogP contribution in [-0.2, 0) is 13.0 Å². The molecule has 2 rings (SSSR count). The van der Waals surface area contributed by atoms with Gasteiger partial charge in [-0.2, -0.15) is 9.78 Å². The van der Waals surface area contributed by atoms with Crippen LogP contribution in [0.3, 0.4) is 0 Å². The van der Waals surface area contributed by atoms with Crippen molar-refractivity contribution in [3.8, 4) is 17.3 Å². The number of ether oxygens (including phenoxy) is 2. The maximum atomic E-state index is 9.48. The Hall–Kier alpha value is -2.01. The smallest absolute Gasteiger partial charge is 0.222 e. The number of methoxy groups -OCH3 is 2. The van der Waals surface area contributed by atoms with E-state index in [0.717, 1.165) is 23.4 Å². The summed E-state index contributed by atoms with van der Waals surface area (Å²) >= 11 is 0. The Morgan fingerprint density at radius 2 is 1.95 bits per heavy atom. The lowest BCUT2D eigenvalue weighted by Gasteiger charge is -2.10. The summed E-state index contributed by atoms with van der Waals surface area (Å²) in [6.07, 6.45) is 0.731. The number of aromatic nitrogens is 2. The van der Waals surface area contributed by atoms with Crippen molar-refractivity contribution in [2.75, 3.05) is 14.2 Å². The van der Waals surface area contributed by atoms with Gasteiger partial charge in [0.25, 0.3) is 0 Å². The zero-order chi connectivity index (χ0) is 13.8. The summed E-state index contributed by atoms with van der Waals surface area (Å²) in [4.78, 5) is 0. The van der Waals surface area contributed by atoms with Crippen LogP contribution in [0, 0.1) is 0 Å². The summed E-state index contributed by atoms with van der Waals surface area (Å²) in [5.41, 5.74) is 2.33. The minimum absolute atomic E-state index is 0.0957. The Kier molecular flexibility index (Phi) is 4.06. The second-order valence-electron chi connectivity index (χ2n) is 4.03. The number of aliphatic hydroxyl groups excluding tert-OH is 1. The van der Waals surface area contributed by atoms with Crippen LogP contribution in [0.15, 0.2) is 24.3 Å². The van der Waals surface area contributed by atoms with E-state index in [1.165, 1.54) is 0 Å². The van der Waals surface area contributed by atoms with Gasteiger partial charge in [0, 0.05) is 0 Å². The van der Waals surface area contributed by atoms with E-state index in [9.17, 15) is 5.11 Å². The van der Waals surface area contributed by atoms with Gasteiger partial charge in [-0.3, -0.25) is 0 Å². The van der Waals surface area contributed by atoms with Crippen LogP contribution in [0.4, 0.5) is 0 Å². The second-order valence-corrected chi connectivity index (χ2v) is 4.03. The third-order valence-electron chi connectivity index (χ3n) is 3.02. The van der Waals surface area contributed by atoms with Gasteiger partial charge in [0.05, 0.1) is 32.1 Å². The molecule has 2 aromatic rings. The molecular weight excluding hydrogens is 244 g/mol. The van der Waals surface area contributed by atoms with Crippen LogP contribution in [-0.4, -0.2) is 29.1 Å². The Morgan fingerprint density at radius 3 is 2.53 bits per heavy atom. The first-order valence-electron chi connectivity index (χ1n) is 6.15. The molecule has 5 heteroatoms. The molecule has 1 aromatic carbocycles. The predicted octanol–water partition coefficient (Wildman–Crippen LogP) is 1.94. The minimum atomic E-state index is -0.0957. The third kappa shape index (κ3) is 2.29. The maximum absolute atomic E-state index is 9.48. The molecule has 0 aliphatic heterocycles. The monoisotopic (exact) mass is 262 g/mol. The molecule has 0 aliphatic rings. The number of rotatable bonds is 5. The van der Waals surface area contributed by atoms with E-state index >= 15 is 0 Å². The summed E-state index contributed by atoms with van der Waals surface area (Å²) in [6, 6.07) is 7.56. The van der Waals surface area contributed by atoms with E-state index in [1.54, 1.807) is 18.9 Å². The molecule has 0 radical (unpaired) electrons. The fourth-order valence-corrected chi connectivity index (χ4v) is 2.10. The van der Waals surface area contributed by atoms with Crippen molar-refractivity contribution in [1.82, 2.24) is 9.78 Å². The number of hydrogen-bond acceptors (Lipinski definition) is 4. The summed E-state index contributed by atoms with van der Waals surface area (Å²) in [6.45, 7) is 1.90. The van der Waals surface area contributed by atoms with E-state index in [2.05, 4.69) is 5.10 Å². The zero-order valence-electron chi connectivity index (χ0n) is 11.4. The fraction of sp³-hybridized carbons (Fsp3) is 0.357. The maximum Gasteiger partial charge on any atom is 0.222 e. The lowest BCUT2D eigenvalue weighted by atomic mass is 10.2. The van der Waals surface area contributed by atoms with Gasteiger partial charge >= 0.3 is 0 Å². The Balaban J connectivity index is 2.64. The molecule has 0 atom stereocenters. The van der Waals surface area contributed by atoms with Crippen molar-refractivity contribution in [3.63, 3.8) is 0 Å². The van der Waals surface area contributed by atoms with Crippen LogP contribution >= 0.6 is 0 Å². The van der Waals surface area contributed by atoms with Crippen molar-refractivity contribution in [1.29, 1.82) is 0 Å². The lowest BCUT2D eigenvalue weighted by Crippen LogP contribution is -2.03. The molecule has 1 aromatic heterocycles. The SMILES string of the molecule is CCc1nn(-c2ccccc2OC)c(OC)c1CO. The number of aliphatic hydroxyl groups is 1. The average molecular weight is 262 g/mol. The summed E-state index contributed by atoms with van der Waals surface area (Å²) < 4.78 is 12.4. The number of hydrogen-bond donors (Lipinski definition) is 1. The number of benzene rings is 1. The van der Waals surface area contributed by atoms with Crippen molar-refractivity contribution >= 4 is 0 Å². The molecule has 0 fully saturated rings. The van der Waals surface area contributed by atoms with Gasteiger partial charge in [-0.1, -0.05) is 19.1 Å². The van der Waals surface area contributed by atoms with Crippen LogP contribution in [0.2, 0.25) is 0 Å². The molecule has 0 saturated carbocycles. The van der Waals surface area contributed by atoms with Crippen LogP contribution in [0.1, 0.15) is 18.2 Å². The van der Waals surface area contributed by atoms with Gasteiger partial charge in [0.15, 0.2) is 0 Å². The van der Waals surface area contributed by atoms with Crippen molar-refractivity contribution in [2.24, 2.45) is 0 Å². The van der Waals surface area contributed by atoms with E-state index < -0.39 is 0 Å².